The van der Waals surface area contributed by atoms with Crippen molar-refractivity contribution in [1.82, 2.24) is 9.71 Å². The number of sulfonamides is 1. The molecule has 19 heavy (non-hydrogen) atoms. The van der Waals surface area contributed by atoms with Crippen molar-refractivity contribution in [2.24, 2.45) is 0 Å². The summed E-state index contributed by atoms with van der Waals surface area (Å²) >= 11 is 4.11. The van der Waals surface area contributed by atoms with Crippen LogP contribution in [0.3, 0.4) is 0 Å². The van der Waals surface area contributed by atoms with E-state index in [1.165, 1.54) is 17.5 Å². The fourth-order valence-electron chi connectivity index (χ4n) is 1.35. The molecule has 4 nitrogen and oxygen atoms in total. The topological polar surface area (TPSA) is 59.1 Å². The van der Waals surface area contributed by atoms with Gasteiger partial charge in [0.05, 0.1) is 5.51 Å². The lowest BCUT2D eigenvalue weighted by Gasteiger charge is -2.08. The number of nitrogens with zero attached hydrogens (tertiary/aromatic N) is 1. The number of hydrogen-bond donors (Lipinski definition) is 1. The van der Waals surface area contributed by atoms with Crippen LogP contribution in [0, 0.1) is 11.6 Å². The van der Waals surface area contributed by atoms with E-state index in [1.54, 1.807) is 5.51 Å². The average molecular weight is 369 g/mol. The summed E-state index contributed by atoms with van der Waals surface area (Å²) in [5, 5.41) is 0. The lowest BCUT2D eigenvalue weighted by atomic mass is 10.3. The number of aromatic nitrogens is 1. The molecule has 102 valence electrons. The summed E-state index contributed by atoms with van der Waals surface area (Å²) in [5.41, 5.74) is 1.55. The van der Waals surface area contributed by atoms with Crippen molar-refractivity contribution in [3.05, 3.63) is 44.8 Å². The minimum absolute atomic E-state index is 0.00371. The zero-order valence-corrected chi connectivity index (χ0v) is 12.4. The Balaban J connectivity index is 2.29. The van der Waals surface area contributed by atoms with E-state index in [1.807, 2.05) is 0 Å². The highest BCUT2D eigenvalue weighted by Gasteiger charge is 2.23. The Labute approximate surface area is 120 Å². The van der Waals surface area contributed by atoms with Gasteiger partial charge in [-0.15, -0.1) is 11.3 Å². The molecule has 1 heterocycles. The number of rotatable bonds is 4. The van der Waals surface area contributed by atoms with Crippen LogP contribution in [-0.4, -0.2) is 13.4 Å². The molecule has 0 atom stereocenters. The Morgan fingerprint density at radius 2 is 2.11 bits per heavy atom. The van der Waals surface area contributed by atoms with Crippen molar-refractivity contribution in [3.8, 4) is 0 Å². The molecule has 0 spiro atoms. The number of hydrogen-bond acceptors (Lipinski definition) is 4. The average Bonchev–Trinajstić information content (AvgIpc) is 2.77. The predicted octanol–water partition coefficient (Wildman–Crippen LogP) is 2.66. The van der Waals surface area contributed by atoms with Crippen LogP contribution < -0.4 is 4.72 Å². The van der Waals surface area contributed by atoms with Gasteiger partial charge < -0.3 is 0 Å². The van der Waals surface area contributed by atoms with Gasteiger partial charge in [0.25, 0.3) is 0 Å². The summed E-state index contributed by atoms with van der Waals surface area (Å²) in [6.07, 6.45) is 1.50. The molecule has 0 aliphatic heterocycles. The van der Waals surface area contributed by atoms with Crippen molar-refractivity contribution in [2.45, 2.75) is 11.4 Å². The van der Waals surface area contributed by atoms with Crippen molar-refractivity contribution < 1.29 is 17.2 Å². The molecule has 0 fully saturated rings. The van der Waals surface area contributed by atoms with Gasteiger partial charge in [-0.25, -0.2) is 21.9 Å². The second-order valence-electron chi connectivity index (χ2n) is 3.49. The van der Waals surface area contributed by atoms with Gasteiger partial charge in [-0.3, -0.25) is 4.98 Å². The largest absolute Gasteiger partial charge is 0.253 e. The highest BCUT2D eigenvalue weighted by atomic mass is 79.9. The Morgan fingerprint density at radius 3 is 2.68 bits per heavy atom. The first-order valence-electron chi connectivity index (χ1n) is 4.92. The maximum absolute atomic E-state index is 13.6. The van der Waals surface area contributed by atoms with Crippen LogP contribution >= 0.6 is 27.3 Å². The monoisotopic (exact) mass is 368 g/mol. The van der Waals surface area contributed by atoms with E-state index < -0.39 is 26.6 Å². The van der Waals surface area contributed by atoms with Crippen LogP contribution in [0.15, 0.2) is 33.2 Å². The molecular weight excluding hydrogens is 362 g/mol. The molecule has 0 radical (unpaired) electrons. The summed E-state index contributed by atoms with van der Waals surface area (Å²) in [5.74, 6) is -2.01. The molecule has 9 heteroatoms. The van der Waals surface area contributed by atoms with E-state index in [-0.39, 0.29) is 11.0 Å². The molecule has 1 aromatic heterocycles. The van der Waals surface area contributed by atoms with Gasteiger partial charge in [0.2, 0.25) is 10.0 Å². The van der Waals surface area contributed by atoms with Gasteiger partial charge in [0, 0.05) is 28.2 Å². The maximum Gasteiger partial charge on any atom is 0.244 e. The predicted molar refractivity (Wildman–Crippen MR) is 70.2 cm³/mol. The van der Waals surface area contributed by atoms with Gasteiger partial charge in [-0.05, 0) is 22.0 Å². The minimum atomic E-state index is -4.07. The third kappa shape index (κ3) is 3.35. The van der Waals surface area contributed by atoms with Crippen LogP contribution in [0.25, 0.3) is 0 Å². The summed E-state index contributed by atoms with van der Waals surface area (Å²) in [4.78, 5) is 3.86. The normalized spacial score (nSPS) is 11.7. The third-order valence-electron chi connectivity index (χ3n) is 2.15. The molecule has 2 rings (SSSR count). The Kier molecular flexibility index (Phi) is 4.29. The van der Waals surface area contributed by atoms with Crippen LogP contribution in [0.1, 0.15) is 4.88 Å². The number of halogens is 3. The minimum Gasteiger partial charge on any atom is -0.253 e. The molecule has 0 aliphatic carbocycles. The Hall–Kier alpha value is -0.900. The van der Waals surface area contributed by atoms with Crippen LogP contribution in [0.5, 0.6) is 0 Å². The van der Waals surface area contributed by atoms with E-state index in [0.717, 1.165) is 6.07 Å². The SMILES string of the molecule is O=S(=O)(NCc1cncs1)c1c(F)cc(F)cc1Br. The van der Waals surface area contributed by atoms with E-state index in [9.17, 15) is 17.2 Å². The fourth-order valence-corrected chi connectivity index (χ4v) is 4.15. The lowest BCUT2D eigenvalue weighted by Crippen LogP contribution is -2.24. The zero-order chi connectivity index (χ0) is 14.0. The summed E-state index contributed by atoms with van der Waals surface area (Å²) in [7, 11) is -4.07. The van der Waals surface area contributed by atoms with Crippen molar-refractivity contribution in [2.75, 3.05) is 0 Å². The lowest BCUT2D eigenvalue weighted by molar-refractivity contribution is 0.540. The summed E-state index contributed by atoms with van der Waals surface area (Å²) in [6.45, 7) is -0.00371. The summed E-state index contributed by atoms with van der Waals surface area (Å²) in [6, 6.07) is 1.41. The maximum atomic E-state index is 13.6. The second kappa shape index (κ2) is 5.61. The molecular formula is C10H7BrF2N2O2S2. The third-order valence-corrected chi connectivity index (χ3v) is 5.30. The van der Waals surface area contributed by atoms with Gasteiger partial charge in [0.1, 0.15) is 16.5 Å². The van der Waals surface area contributed by atoms with Gasteiger partial charge in [-0.1, -0.05) is 0 Å². The number of benzene rings is 1. The molecule has 0 bridgehead atoms. The standard InChI is InChI=1S/C10H7BrF2N2O2S2/c11-8-1-6(12)2-9(13)10(8)19(16,17)15-4-7-3-14-5-18-7/h1-3,5,15H,4H2. The Morgan fingerprint density at radius 1 is 1.37 bits per heavy atom. The molecule has 0 saturated carbocycles. The summed E-state index contributed by atoms with van der Waals surface area (Å²) < 4.78 is 52.5. The molecule has 1 aromatic carbocycles. The van der Waals surface area contributed by atoms with Crippen LogP contribution in [0.2, 0.25) is 0 Å². The van der Waals surface area contributed by atoms with E-state index in [0.29, 0.717) is 10.9 Å². The van der Waals surface area contributed by atoms with Gasteiger partial charge in [0.15, 0.2) is 0 Å². The highest BCUT2D eigenvalue weighted by Crippen LogP contribution is 2.26. The molecule has 1 N–H and O–H groups in total. The number of nitrogens with one attached hydrogen (secondary N) is 1. The van der Waals surface area contributed by atoms with Crippen LogP contribution in [-0.2, 0) is 16.6 Å². The quantitative estimate of drug-likeness (QED) is 0.902. The first-order valence-corrected chi connectivity index (χ1v) is 8.07. The van der Waals surface area contributed by atoms with E-state index in [4.69, 9.17) is 0 Å². The van der Waals surface area contributed by atoms with Gasteiger partial charge >= 0.3 is 0 Å². The highest BCUT2D eigenvalue weighted by molar-refractivity contribution is 9.10. The fraction of sp³-hybridized carbons (Fsp3) is 0.100. The van der Waals surface area contributed by atoms with E-state index in [2.05, 4.69) is 25.6 Å². The first kappa shape index (κ1) is 14.5. The molecule has 0 unspecified atom stereocenters. The van der Waals surface area contributed by atoms with Crippen molar-refractivity contribution in [3.63, 3.8) is 0 Å². The molecule has 0 saturated heterocycles. The van der Waals surface area contributed by atoms with Crippen molar-refractivity contribution in [1.29, 1.82) is 0 Å². The molecule has 0 amide bonds. The smallest absolute Gasteiger partial charge is 0.244 e. The van der Waals surface area contributed by atoms with Gasteiger partial charge in [-0.2, -0.15) is 0 Å². The molecule has 0 aliphatic rings. The van der Waals surface area contributed by atoms with Crippen molar-refractivity contribution >= 4 is 37.3 Å². The first-order chi connectivity index (χ1) is 8.90. The number of thiazole rings is 1. The Bertz CT molecular complexity index is 667. The van der Waals surface area contributed by atoms with Crippen LogP contribution in [0.4, 0.5) is 8.78 Å². The second-order valence-corrected chi connectivity index (χ2v) is 7.02. The van der Waals surface area contributed by atoms with E-state index >= 15 is 0 Å². The molecule has 2 aromatic rings. The zero-order valence-electron chi connectivity index (χ0n) is 9.23.